The molecule has 0 aromatic carbocycles. The maximum Gasteiger partial charge on any atom is 0.000126 e. The average Bonchev–Trinajstić information content (AvgIpc) is 2.72. The first-order valence-electron chi connectivity index (χ1n) is 7.67. The van der Waals surface area contributed by atoms with Crippen LogP contribution in [0.15, 0.2) is 0 Å². The van der Waals surface area contributed by atoms with E-state index in [1.54, 1.807) is 0 Å². The Labute approximate surface area is 117 Å². The van der Waals surface area contributed by atoms with Crippen molar-refractivity contribution in [3.8, 4) is 0 Å². The van der Waals surface area contributed by atoms with E-state index in [9.17, 15) is 0 Å². The maximum absolute atomic E-state index is 2.56. The van der Waals surface area contributed by atoms with Crippen LogP contribution in [0.1, 0.15) is 75.2 Å². The molecule has 4 atom stereocenters. The lowest BCUT2D eigenvalue weighted by atomic mass is 9.54. The van der Waals surface area contributed by atoms with Crippen LogP contribution in [-0.2, 0) is 0 Å². The summed E-state index contributed by atoms with van der Waals surface area (Å²) in [5.41, 5.74) is 0.875. The van der Waals surface area contributed by atoms with Crippen molar-refractivity contribution in [2.75, 3.05) is 6.66 Å². The van der Waals surface area contributed by atoms with Gasteiger partial charge < -0.3 is 0 Å². The normalized spacial score (nSPS) is 36.0. The lowest BCUT2D eigenvalue weighted by molar-refractivity contribution is 0.00586. The van der Waals surface area contributed by atoms with Crippen LogP contribution in [0.2, 0.25) is 0 Å². The Balaban J connectivity index is 3.13. The highest BCUT2D eigenvalue weighted by Crippen LogP contribution is 2.85. The molecule has 108 valence electrons. The Hall–Kier alpha value is 0.430. The molecule has 18 heavy (non-hydrogen) atoms. The van der Waals surface area contributed by atoms with E-state index in [-0.39, 0.29) is 7.92 Å². The van der Waals surface area contributed by atoms with Gasteiger partial charge in [0.15, 0.2) is 0 Å². The molecule has 0 nitrogen and oxygen atoms in total. The van der Waals surface area contributed by atoms with Gasteiger partial charge in [0.05, 0.1) is 0 Å². The predicted molar refractivity (Wildman–Crippen MR) is 87.0 cm³/mol. The highest BCUT2D eigenvalue weighted by atomic mass is 31.1. The van der Waals surface area contributed by atoms with E-state index in [2.05, 4.69) is 69.0 Å². The molecule has 1 heteroatoms. The molecule has 0 bridgehead atoms. The van der Waals surface area contributed by atoms with Crippen molar-refractivity contribution < 1.29 is 0 Å². The van der Waals surface area contributed by atoms with Gasteiger partial charge in [-0.05, 0) is 35.0 Å². The molecule has 0 N–H and O–H groups in total. The molecule has 1 aliphatic heterocycles. The van der Waals surface area contributed by atoms with Gasteiger partial charge in [0.1, 0.15) is 0 Å². The van der Waals surface area contributed by atoms with Gasteiger partial charge in [-0.3, -0.25) is 0 Å². The largest absolute Gasteiger partial charge is 0.0959 e. The second-order valence-corrected chi connectivity index (χ2v) is 11.2. The standard InChI is InChI=1S/C17H35P/c1-11-14(4,5)16(8,12-2)13(3)17(9)15(6,7)18(17)10/h13H,11-12H2,1-10H3. The van der Waals surface area contributed by atoms with Crippen LogP contribution >= 0.6 is 7.92 Å². The van der Waals surface area contributed by atoms with E-state index in [0.29, 0.717) is 21.1 Å². The molecule has 1 rings (SSSR count). The van der Waals surface area contributed by atoms with Crippen LogP contribution in [0.4, 0.5) is 0 Å². The Kier molecular flexibility index (Phi) is 4.10. The molecule has 0 aromatic rings. The van der Waals surface area contributed by atoms with E-state index in [1.807, 2.05) is 0 Å². The topological polar surface area (TPSA) is 0 Å². The fraction of sp³-hybridized carbons (Fsp3) is 1.00. The third-order valence-corrected chi connectivity index (χ3v) is 11.9. The summed E-state index contributed by atoms with van der Waals surface area (Å²) in [5.74, 6) is 0.802. The molecule has 1 fully saturated rings. The van der Waals surface area contributed by atoms with E-state index in [4.69, 9.17) is 0 Å². The SMILES string of the molecule is CCC(C)(C)C(C)(CC)C(C)C1(C)P(C)C1(C)C. The minimum absolute atomic E-state index is 0.179. The Morgan fingerprint density at radius 2 is 1.39 bits per heavy atom. The summed E-state index contributed by atoms with van der Waals surface area (Å²) >= 11 is 0. The van der Waals surface area contributed by atoms with E-state index >= 15 is 0 Å². The fourth-order valence-corrected chi connectivity index (χ4v) is 7.58. The molecule has 0 radical (unpaired) electrons. The van der Waals surface area contributed by atoms with Gasteiger partial charge in [0, 0.05) is 5.16 Å². The first kappa shape index (κ1) is 16.5. The molecule has 1 saturated heterocycles. The maximum atomic E-state index is 2.56. The molecule has 0 amide bonds. The molecule has 0 aromatic heterocycles. The smallest absolute Gasteiger partial charge is 0.000126 e. The van der Waals surface area contributed by atoms with Crippen LogP contribution in [-0.4, -0.2) is 17.0 Å². The fourth-order valence-electron chi connectivity index (χ4n) is 4.22. The van der Waals surface area contributed by atoms with E-state index in [1.165, 1.54) is 12.8 Å². The summed E-state index contributed by atoms with van der Waals surface area (Å²) in [6.07, 6.45) is 2.57. The first-order chi connectivity index (χ1) is 7.93. The summed E-state index contributed by atoms with van der Waals surface area (Å²) in [6, 6.07) is 0. The Morgan fingerprint density at radius 1 is 1.00 bits per heavy atom. The number of hydrogen-bond donors (Lipinski definition) is 0. The van der Waals surface area contributed by atoms with Crippen LogP contribution in [0.3, 0.4) is 0 Å². The lowest BCUT2D eigenvalue weighted by Crippen LogP contribution is -2.46. The third-order valence-electron chi connectivity index (χ3n) is 7.69. The zero-order chi connectivity index (χ0) is 14.6. The van der Waals surface area contributed by atoms with E-state index < -0.39 is 0 Å². The Morgan fingerprint density at radius 3 is 1.61 bits per heavy atom. The van der Waals surface area contributed by atoms with Crippen molar-refractivity contribution in [1.29, 1.82) is 0 Å². The van der Waals surface area contributed by atoms with Crippen LogP contribution < -0.4 is 0 Å². The monoisotopic (exact) mass is 270 g/mol. The van der Waals surface area contributed by atoms with Crippen molar-refractivity contribution in [1.82, 2.24) is 0 Å². The molecule has 0 spiro atoms. The van der Waals surface area contributed by atoms with Crippen LogP contribution in [0.5, 0.6) is 0 Å². The minimum atomic E-state index is 0.179. The molecular weight excluding hydrogens is 235 g/mol. The van der Waals surface area contributed by atoms with Crippen molar-refractivity contribution in [3.63, 3.8) is 0 Å². The highest BCUT2D eigenvalue weighted by molar-refractivity contribution is 7.69. The van der Waals surface area contributed by atoms with Crippen molar-refractivity contribution >= 4 is 7.92 Å². The molecular formula is C17H35P. The van der Waals surface area contributed by atoms with E-state index in [0.717, 1.165) is 5.92 Å². The van der Waals surface area contributed by atoms with Gasteiger partial charge in [-0.25, -0.2) is 0 Å². The third kappa shape index (κ3) is 1.81. The summed E-state index contributed by atoms with van der Waals surface area (Å²) in [4.78, 5) is 0. The Bertz CT molecular complexity index is 318. The lowest BCUT2D eigenvalue weighted by Gasteiger charge is -2.51. The molecule has 1 aliphatic rings. The molecule has 0 saturated carbocycles. The zero-order valence-electron chi connectivity index (χ0n) is 14.4. The van der Waals surface area contributed by atoms with Crippen molar-refractivity contribution in [2.24, 2.45) is 16.7 Å². The van der Waals surface area contributed by atoms with Crippen molar-refractivity contribution in [3.05, 3.63) is 0 Å². The molecule has 0 aliphatic carbocycles. The molecule has 1 heterocycles. The van der Waals surface area contributed by atoms with Crippen LogP contribution in [0.25, 0.3) is 0 Å². The summed E-state index contributed by atoms with van der Waals surface area (Å²) < 4.78 is 0. The minimum Gasteiger partial charge on any atom is -0.0959 e. The van der Waals surface area contributed by atoms with Gasteiger partial charge >= 0.3 is 0 Å². The van der Waals surface area contributed by atoms with Gasteiger partial charge in [0.2, 0.25) is 0 Å². The number of hydrogen-bond acceptors (Lipinski definition) is 0. The first-order valence-corrected chi connectivity index (χ1v) is 9.46. The van der Waals surface area contributed by atoms with Crippen molar-refractivity contribution in [2.45, 2.75) is 85.5 Å². The highest BCUT2D eigenvalue weighted by Gasteiger charge is 2.70. The average molecular weight is 270 g/mol. The van der Waals surface area contributed by atoms with Gasteiger partial charge in [-0.1, -0.05) is 76.7 Å². The summed E-state index contributed by atoms with van der Waals surface area (Å²) in [5, 5.41) is 1.14. The number of rotatable bonds is 5. The predicted octanol–water partition coefficient (Wildman–Crippen LogP) is 6.14. The zero-order valence-corrected chi connectivity index (χ0v) is 15.3. The quantitative estimate of drug-likeness (QED) is 0.526. The summed E-state index contributed by atoms with van der Waals surface area (Å²) in [7, 11) is 0.179. The van der Waals surface area contributed by atoms with Gasteiger partial charge in [-0.15, -0.1) is 0 Å². The van der Waals surface area contributed by atoms with Crippen LogP contribution in [0, 0.1) is 16.7 Å². The van der Waals surface area contributed by atoms with Gasteiger partial charge in [-0.2, -0.15) is 0 Å². The second-order valence-electron chi connectivity index (χ2n) is 8.00. The summed E-state index contributed by atoms with van der Waals surface area (Å²) in [6.45, 7) is 24.8. The van der Waals surface area contributed by atoms with Gasteiger partial charge in [0.25, 0.3) is 0 Å². The second kappa shape index (κ2) is 4.47. The molecule has 4 unspecified atom stereocenters.